The predicted molar refractivity (Wildman–Crippen MR) is 77.4 cm³/mol. The largest absolute Gasteiger partial charge is 0.394 e. The molecular formula is C15H26N2O4. The number of aliphatic hydroxyl groups excluding tert-OH is 2. The van der Waals surface area contributed by atoms with Crippen LogP contribution in [0.5, 0.6) is 0 Å². The van der Waals surface area contributed by atoms with Crippen LogP contribution < -0.4 is 5.32 Å². The summed E-state index contributed by atoms with van der Waals surface area (Å²) < 4.78 is 0. The first-order chi connectivity index (χ1) is 10.0. The minimum Gasteiger partial charge on any atom is -0.394 e. The van der Waals surface area contributed by atoms with E-state index in [4.69, 9.17) is 0 Å². The van der Waals surface area contributed by atoms with Gasteiger partial charge in [0.05, 0.1) is 18.8 Å². The Labute approximate surface area is 125 Å². The van der Waals surface area contributed by atoms with Crippen LogP contribution in [0.4, 0.5) is 0 Å². The normalized spacial score (nSPS) is 20.4. The molecule has 1 aliphatic heterocycles. The van der Waals surface area contributed by atoms with Crippen molar-refractivity contribution in [3.8, 4) is 0 Å². The molecule has 0 aromatic carbocycles. The molecule has 2 amide bonds. The van der Waals surface area contributed by atoms with Crippen LogP contribution in [0.25, 0.3) is 0 Å². The first-order valence-corrected chi connectivity index (χ1v) is 7.87. The fourth-order valence-corrected chi connectivity index (χ4v) is 2.76. The number of nitrogens with zero attached hydrogens (tertiary/aromatic N) is 1. The van der Waals surface area contributed by atoms with Gasteiger partial charge >= 0.3 is 0 Å². The van der Waals surface area contributed by atoms with Gasteiger partial charge in [0.15, 0.2) is 0 Å². The summed E-state index contributed by atoms with van der Waals surface area (Å²) in [4.78, 5) is 26.1. The number of carbonyl (C=O) groups is 2. The average Bonchev–Trinajstić information content (AvgIpc) is 3.37. The lowest BCUT2D eigenvalue weighted by atomic mass is 9.92. The molecule has 1 aliphatic carbocycles. The SMILES string of the molecule is CCC(CO)(CO)NC(=O)C1CCN(C(=O)C2CC2)CC1. The quantitative estimate of drug-likeness (QED) is 0.638. The molecule has 6 heteroatoms. The maximum atomic E-state index is 12.3. The summed E-state index contributed by atoms with van der Waals surface area (Å²) in [6.45, 7) is 2.54. The Morgan fingerprint density at radius 3 is 2.10 bits per heavy atom. The average molecular weight is 298 g/mol. The van der Waals surface area contributed by atoms with Crippen LogP contribution in [-0.2, 0) is 9.59 Å². The van der Waals surface area contributed by atoms with E-state index in [1.807, 2.05) is 11.8 Å². The summed E-state index contributed by atoms with van der Waals surface area (Å²) in [5, 5.41) is 21.5. The smallest absolute Gasteiger partial charge is 0.225 e. The number of carbonyl (C=O) groups excluding carboxylic acids is 2. The number of amides is 2. The van der Waals surface area contributed by atoms with Gasteiger partial charge in [0.2, 0.25) is 11.8 Å². The van der Waals surface area contributed by atoms with Crippen LogP contribution >= 0.6 is 0 Å². The molecule has 0 aromatic heterocycles. The number of piperidine rings is 1. The molecule has 3 N–H and O–H groups in total. The van der Waals surface area contributed by atoms with E-state index in [2.05, 4.69) is 5.32 Å². The van der Waals surface area contributed by atoms with Gasteiger partial charge in [0.25, 0.3) is 0 Å². The third-order valence-corrected chi connectivity index (χ3v) is 4.77. The van der Waals surface area contributed by atoms with Crippen LogP contribution in [0.15, 0.2) is 0 Å². The fraction of sp³-hybridized carbons (Fsp3) is 0.867. The second-order valence-corrected chi connectivity index (χ2v) is 6.31. The van der Waals surface area contributed by atoms with Crippen LogP contribution in [-0.4, -0.2) is 58.8 Å². The van der Waals surface area contributed by atoms with Gasteiger partial charge in [-0.1, -0.05) is 6.92 Å². The summed E-state index contributed by atoms with van der Waals surface area (Å²) >= 11 is 0. The van der Waals surface area contributed by atoms with Crippen molar-refractivity contribution in [3.63, 3.8) is 0 Å². The Hall–Kier alpha value is -1.14. The predicted octanol–water partition coefficient (Wildman–Crippen LogP) is -0.115. The molecule has 2 aliphatic rings. The van der Waals surface area contributed by atoms with Crippen molar-refractivity contribution in [3.05, 3.63) is 0 Å². The van der Waals surface area contributed by atoms with Crippen LogP contribution in [0.2, 0.25) is 0 Å². The highest BCUT2D eigenvalue weighted by atomic mass is 16.3. The van der Waals surface area contributed by atoms with Crippen molar-refractivity contribution in [1.82, 2.24) is 10.2 Å². The molecular weight excluding hydrogens is 272 g/mol. The molecule has 0 radical (unpaired) electrons. The second kappa shape index (κ2) is 6.75. The van der Waals surface area contributed by atoms with Gasteiger partial charge in [-0.05, 0) is 32.1 Å². The van der Waals surface area contributed by atoms with E-state index in [9.17, 15) is 19.8 Å². The van der Waals surface area contributed by atoms with Crippen LogP contribution in [0, 0.1) is 11.8 Å². The van der Waals surface area contributed by atoms with E-state index >= 15 is 0 Å². The molecule has 0 aromatic rings. The maximum absolute atomic E-state index is 12.3. The number of hydrogen-bond donors (Lipinski definition) is 3. The van der Waals surface area contributed by atoms with E-state index in [0.29, 0.717) is 32.4 Å². The zero-order valence-electron chi connectivity index (χ0n) is 12.7. The third kappa shape index (κ3) is 3.74. The summed E-state index contributed by atoms with van der Waals surface area (Å²) in [5.41, 5.74) is -0.932. The highest BCUT2D eigenvalue weighted by Crippen LogP contribution is 2.32. The van der Waals surface area contributed by atoms with Crippen LogP contribution in [0.1, 0.15) is 39.0 Å². The van der Waals surface area contributed by atoms with Gasteiger partial charge in [-0.2, -0.15) is 0 Å². The molecule has 1 heterocycles. The summed E-state index contributed by atoms with van der Waals surface area (Å²) in [7, 11) is 0. The number of nitrogens with one attached hydrogen (secondary N) is 1. The fourth-order valence-electron chi connectivity index (χ4n) is 2.76. The van der Waals surface area contributed by atoms with Crippen molar-refractivity contribution in [2.75, 3.05) is 26.3 Å². The minimum absolute atomic E-state index is 0.126. The summed E-state index contributed by atoms with van der Waals surface area (Å²) in [6.07, 6.45) is 3.79. The van der Waals surface area contributed by atoms with E-state index in [0.717, 1.165) is 12.8 Å². The minimum atomic E-state index is -0.932. The summed E-state index contributed by atoms with van der Waals surface area (Å²) in [5.74, 6) is 0.199. The number of likely N-dealkylation sites (tertiary alicyclic amines) is 1. The Morgan fingerprint density at radius 2 is 1.67 bits per heavy atom. The molecule has 6 nitrogen and oxygen atoms in total. The number of hydrogen-bond acceptors (Lipinski definition) is 4. The molecule has 0 spiro atoms. The summed E-state index contributed by atoms with van der Waals surface area (Å²) in [6, 6.07) is 0. The lowest BCUT2D eigenvalue weighted by Crippen LogP contribution is -2.56. The molecule has 2 rings (SSSR count). The Morgan fingerprint density at radius 1 is 1.10 bits per heavy atom. The Balaban J connectivity index is 1.83. The van der Waals surface area contributed by atoms with Gasteiger partial charge in [-0.25, -0.2) is 0 Å². The van der Waals surface area contributed by atoms with E-state index in [1.165, 1.54) is 0 Å². The van der Waals surface area contributed by atoms with Crippen LogP contribution in [0.3, 0.4) is 0 Å². The highest BCUT2D eigenvalue weighted by Gasteiger charge is 2.37. The molecule has 0 unspecified atom stereocenters. The van der Waals surface area contributed by atoms with Crippen molar-refractivity contribution in [1.29, 1.82) is 0 Å². The third-order valence-electron chi connectivity index (χ3n) is 4.77. The van der Waals surface area contributed by atoms with Gasteiger partial charge in [-0.15, -0.1) is 0 Å². The molecule has 1 saturated carbocycles. The first kappa shape index (κ1) is 16.2. The lowest BCUT2D eigenvalue weighted by Gasteiger charge is -2.35. The van der Waals surface area contributed by atoms with Crippen molar-refractivity contribution in [2.24, 2.45) is 11.8 Å². The Bertz CT molecular complexity index is 375. The monoisotopic (exact) mass is 298 g/mol. The van der Waals surface area contributed by atoms with Gasteiger partial charge in [-0.3, -0.25) is 9.59 Å². The van der Waals surface area contributed by atoms with Gasteiger partial charge in [0.1, 0.15) is 0 Å². The van der Waals surface area contributed by atoms with E-state index in [1.54, 1.807) is 0 Å². The highest BCUT2D eigenvalue weighted by molar-refractivity contribution is 5.82. The molecule has 1 saturated heterocycles. The van der Waals surface area contributed by atoms with Crippen molar-refractivity contribution in [2.45, 2.75) is 44.6 Å². The molecule has 0 bridgehead atoms. The topological polar surface area (TPSA) is 89.9 Å². The zero-order chi connectivity index (χ0) is 15.5. The number of rotatable bonds is 6. The maximum Gasteiger partial charge on any atom is 0.225 e. The molecule has 0 atom stereocenters. The van der Waals surface area contributed by atoms with Gasteiger partial charge < -0.3 is 20.4 Å². The van der Waals surface area contributed by atoms with Crippen molar-refractivity contribution >= 4 is 11.8 Å². The Kier molecular flexibility index (Phi) is 5.22. The van der Waals surface area contributed by atoms with Crippen molar-refractivity contribution < 1.29 is 19.8 Å². The number of aliphatic hydroxyl groups is 2. The molecule has 120 valence electrons. The standard InChI is InChI=1S/C15H26N2O4/c1-2-15(9-18,10-19)16-13(20)11-5-7-17(8-6-11)14(21)12-3-4-12/h11-12,18-19H,2-10H2,1H3,(H,16,20). The first-order valence-electron chi connectivity index (χ1n) is 7.87. The van der Waals surface area contributed by atoms with E-state index in [-0.39, 0.29) is 36.9 Å². The lowest BCUT2D eigenvalue weighted by molar-refractivity contribution is -0.137. The molecule has 21 heavy (non-hydrogen) atoms. The van der Waals surface area contributed by atoms with E-state index < -0.39 is 5.54 Å². The van der Waals surface area contributed by atoms with Gasteiger partial charge in [0, 0.05) is 24.9 Å². The molecule has 2 fully saturated rings. The second-order valence-electron chi connectivity index (χ2n) is 6.31. The zero-order valence-corrected chi connectivity index (χ0v) is 12.7.